The molecular formula is C16H33N3O2. The van der Waals surface area contributed by atoms with Crippen molar-refractivity contribution in [3.8, 4) is 0 Å². The highest BCUT2D eigenvalue weighted by Gasteiger charge is 2.26. The summed E-state index contributed by atoms with van der Waals surface area (Å²) in [6, 6.07) is -0.434. The van der Waals surface area contributed by atoms with Gasteiger partial charge in [0, 0.05) is 12.5 Å². The molecule has 0 aliphatic carbocycles. The van der Waals surface area contributed by atoms with E-state index >= 15 is 0 Å². The molecule has 0 saturated heterocycles. The molecule has 0 aromatic rings. The minimum absolute atomic E-state index is 0.0850. The average molecular weight is 299 g/mol. The summed E-state index contributed by atoms with van der Waals surface area (Å²) in [7, 11) is 0. The summed E-state index contributed by atoms with van der Waals surface area (Å²) in [6.45, 7) is 10.5. The highest BCUT2D eigenvalue weighted by Crippen LogP contribution is 2.08. The molecule has 0 aromatic carbocycles. The van der Waals surface area contributed by atoms with Crippen LogP contribution < -0.4 is 16.4 Å². The molecule has 0 heterocycles. The maximum absolute atomic E-state index is 12.4. The molecule has 0 spiro atoms. The SMILES string of the molecule is CCC(=O)C(CCCCN)NC(=O)C(NC(C)C)C(C)C. The van der Waals surface area contributed by atoms with Gasteiger partial charge in [-0.2, -0.15) is 0 Å². The standard InChI is InChI=1S/C16H33N3O2/c1-6-14(20)13(9-7-8-10-17)19-16(21)15(11(2)3)18-12(4)5/h11-13,15,18H,6-10,17H2,1-5H3,(H,19,21). The lowest BCUT2D eigenvalue weighted by Crippen LogP contribution is -2.53. The first-order valence-electron chi connectivity index (χ1n) is 8.12. The van der Waals surface area contributed by atoms with E-state index in [1.54, 1.807) is 0 Å². The number of hydrogen-bond donors (Lipinski definition) is 3. The fourth-order valence-electron chi connectivity index (χ4n) is 2.24. The van der Waals surface area contributed by atoms with E-state index in [9.17, 15) is 9.59 Å². The highest BCUT2D eigenvalue weighted by molar-refractivity contribution is 5.90. The van der Waals surface area contributed by atoms with Crippen LogP contribution in [0.3, 0.4) is 0 Å². The zero-order chi connectivity index (χ0) is 16.4. The quantitative estimate of drug-likeness (QED) is 0.506. The second-order valence-electron chi connectivity index (χ2n) is 6.21. The van der Waals surface area contributed by atoms with E-state index in [2.05, 4.69) is 10.6 Å². The number of hydrogen-bond acceptors (Lipinski definition) is 4. The highest BCUT2D eigenvalue weighted by atomic mass is 16.2. The molecule has 0 aromatic heterocycles. The Kier molecular flexibility index (Phi) is 10.3. The maximum atomic E-state index is 12.4. The molecule has 0 fully saturated rings. The molecule has 1 amide bonds. The molecule has 5 heteroatoms. The molecule has 124 valence electrons. The van der Waals surface area contributed by atoms with Crippen molar-refractivity contribution in [1.29, 1.82) is 0 Å². The Morgan fingerprint density at radius 2 is 1.71 bits per heavy atom. The normalized spacial score (nSPS) is 14.3. The summed E-state index contributed by atoms with van der Waals surface area (Å²) in [5, 5.41) is 6.19. The predicted octanol–water partition coefficient (Wildman–Crippen LogP) is 1.60. The molecule has 0 radical (unpaired) electrons. The van der Waals surface area contributed by atoms with E-state index < -0.39 is 0 Å². The summed E-state index contributed by atoms with van der Waals surface area (Å²) in [5.41, 5.74) is 5.49. The van der Waals surface area contributed by atoms with Gasteiger partial charge in [0.2, 0.25) is 5.91 Å². The minimum atomic E-state index is -0.385. The lowest BCUT2D eigenvalue weighted by molar-refractivity contribution is -0.129. The van der Waals surface area contributed by atoms with Gasteiger partial charge in [-0.25, -0.2) is 0 Å². The van der Waals surface area contributed by atoms with Crippen molar-refractivity contribution >= 4 is 11.7 Å². The lowest BCUT2D eigenvalue weighted by Gasteiger charge is -2.26. The molecular weight excluding hydrogens is 266 g/mol. The number of carbonyl (C=O) groups excluding carboxylic acids is 2. The van der Waals surface area contributed by atoms with E-state index in [1.807, 2.05) is 34.6 Å². The second kappa shape index (κ2) is 10.7. The Balaban J connectivity index is 4.70. The van der Waals surface area contributed by atoms with Gasteiger partial charge in [0.05, 0.1) is 12.1 Å². The van der Waals surface area contributed by atoms with Crippen molar-refractivity contribution in [2.24, 2.45) is 11.7 Å². The molecule has 2 atom stereocenters. The smallest absolute Gasteiger partial charge is 0.237 e. The van der Waals surface area contributed by atoms with Crippen molar-refractivity contribution in [1.82, 2.24) is 10.6 Å². The topological polar surface area (TPSA) is 84.2 Å². The summed E-state index contributed by atoms with van der Waals surface area (Å²) in [4.78, 5) is 24.4. The summed E-state index contributed by atoms with van der Waals surface area (Å²) < 4.78 is 0. The van der Waals surface area contributed by atoms with Crippen LogP contribution in [-0.4, -0.2) is 36.4 Å². The molecule has 0 aliphatic rings. The molecule has 5 nitrogen and oxygen atoms in total. The monoisotopic (exact) mass is 299 g/mol. The van der Waals surface area contributed by atoms with E-state index in [4.69, 9.17) is 5.73 Å². The molecule has 21 heavy (non-hydrogen) atoms. The second-order valence-corrected chi connectivity index (χ2v) is 6.21. The van der Waals surface area contributed by atoms with Crippen molar-refractivity contribution in [2.75, 3.05) is 6.54 Å². The zero-order valence-corrected chi connectivity index (χ0v) is 14.2. The van der Waals surface area contributed by atoms with Crippen LogP contribution in [0, 0.1) is 5.92 Å². The van der Waals surface area contributed by atoms with Gasteiger partial charge in [-0.1, -0.05) is 34.6 Å². The number of nitrogens with one attached hydrogen (secondary N) is 2. The summed E-state index contributed by atoms with van der Waals surface area (Å²) >= 11 is 0. The van der Waals surface area contributed by atoms with Gasteiger partial charge >= 0.3 is 0 Å². The van der Waals surface area contributed by atoms with Crippen LogP contribution in [0.1, 0.15) is 60.3 Å². The Bertz CT molecular complexity index is 317. The summed E-state index contributed by atoms with van der Waals surface area (Å²) in [6.07, 6.45) is 2.85. The van der Waals surface area contributed by atoms with Crippen molar-refractivity contribution in [2.45, 2.75) is 78.4 Å². The average Bonchev–Trinajstić information content (AvgIpc) is 2.42. The van der Waals surface area contributed by atoms with Crippen LogP contribution in [0.2, 0.25) is 0 Å². The number of Topliss-reactive ketones (excluding diaryl/α,β-unsaturated/α-hetero) is 1. The van der Waals surface area contributed by atoms with Gasteiger partial charge < -0.3 is 16.4 Å². The molecule has 2 unspecified atom stereocenters. The molecule has 0 bridgehead atoms. The number of ketones is 1. The van der Waals surface area contributed by atoms with Crippen LogP contribution in [0.5, 0.6) is 0 Å². The number of amides is 1. The fourth-order valence-corrected chi connectivity index (χ4v) is 2.24. The van der Waals surface area contributed by atoms with E-state index in [1.165, 1.54) is 0 Å². The Morgan fingerprint density at radius 1 is 1.10 bits per heavy atom. The molecule has 0 aliphatic heterocycles. The first-order valence-corrected chi connectivity index (χ1v) is 8.12. The van der Waals surface area contributed by atoms with Crippen LogP contribution >= 0.6 is 0 Å². The van der Waals surface area contributed by atoms with Crippen molar-refractivity contribution in [3.63, 3.8) is 0 Å². The van der Waals surface area contributed by atoms with Gasteiger partial charge in [-0.3, -0.25) is 9.59 Å². The first kappa shape index (κ1) is 20.1. The van der Waals surface area contributed by atoms with Gasteiger partial charge in [0.1, 0.15) is 0 Å². The third-order valence-corrected chi connectivity index (χ3v) is 3.46. The number of rotatable bonds is 11. The molecule has 0 saturated carbocycles. The Hall–Kier alpha value is -0.940. The van der Waals surface area contributed by atoms with Crippen molar-refractivity contribution < 1.29 is 9.59 Å². The van der Waals surface area contributed by atoms with Gasteiger partial charge in [-0.15, -0.1) is 0 Å². The maximum Gasteiger partial charge on any atom is 0.237 e. The number of unbranched alkanes of at least 4 members (excludes halogenated alkanes) is 1. The third-order valence-electron chi connectivity index (χ3n) is 3.46. The largest absolute Gasteiger partial charge is 0.345 e. The molecule has 4 N–H and O–H groups in total. The minimum Gasteiger partial charge on any atom is -0.345 e. The van der Waals surface area contributed by atoms with Gasteiger partial charge in [-0.05, 0) is 31.7 Å². The van der Waals surface area contributed by atoms with Crippen LogP contribution in [0.15, 0.2) is 0 Å². The molecule has 0 rings (SSSR count). The Morgan fingerprint density at radius 3 is 2.14 bits per heavy atom. The first-order chi connectivity index (χ1) is 9.83. The lowest BCUT2D eigenvalue weighted by atomic mass is 9.99. The van der Waals surface area contributed by atoms with E-state index in [-0.39, 0.29) is 35.7 Å². The van der Waals surface area contributed by atoms with E-state index in [0.717, 1.165) is 12.8 Å². The third kappa shape index (κ3) is 8.17. The Labute approximate surface area is 129 Å². The summed E-state index contributed by atoms with van der Waals surface area (Å²) in [5.74, 6) is 0.180. The van der Waals surface area contributed by atoms with Gasteiger partial charge in [0.15, 0.2) is 5.78 Å². The van der Waals surface area contributed by atoms with Crippen molar-refractivity contribution in [3.05, 3.63) is 0 Å². The predicted molar refractivity (Wildman–Crippen MR) is 87.0 cm³/mol. The fraction of sp³-hybridized carbons (Fsp3) is 0.875. The van der Waals surface area contributed by atoms with Crippen LogP contribution in [0.4, 0.5) is 0 Å². The van der Waals surface area contributed by atoms with E-state index in [0.29, 0.717) is 19.4 Å². The van der Waals surface area contributed by atoms with Crippen LogP contribution in [-0.2, 0) is 9.59 Å². The van der Waals surface area contributed by atoms with Crippen LogP contribution in [0.25, 0.3) is 0 Å². The number of nitrogens with two attached hydrogens (primary N) is 1. The number of carbonyl (C=O) groups is 2. The van der Waals surface area contributed by atoms with Gasteiger partial charge in [0.25, 0.3) is 0 Å². The zero-order valence-electron chi connectivity index (χ0n) is 14.2.